The molecule has 0 fully saturated rings. The number of aromatic nitrogens is 2. The van der Waals surface area contributed by atoms with Crippen LogP contribution in [0, 0.1) is 0 Å². The lowest BCUT2D eigenvalue weighted by molar-refractivity contribution is 0.432. The summed E-state index contributed by atoms with van der Waals surface area (Å²) in [5, 5.41) is 11.6. The smallest absolute Gasteiger partial charge is 0.335 e. The fourth-order valence-corrected chi connectivity index (χ4v) is 4.20. The molecule has 1 N–H and O–H groups in total. The number of hydrogen-bond donors (Lipinski definition) is 1. The Morgan fingerprint density at radius 2 is 1.72 bits per heavy atom. The van der Waals surface area contributed by atoms with Crippen molar-refractivity contribution in [2.45, 2.75) is 18.9 Å². The summed E-state index contributed by atoms with van der Waals surface area (Å²) in [4.78, 5) is 12.8. The molecule has 128 valence electrons. The van der Waals surface area contributed by atoms with E-state index in [1.54, 1.807) is 22.8 Å². The van der Waals surface area contributed by atoms with Gasteiger partial charge in [-0.05, 0) is 42.3 Å². The lowest BCUT2D eigenvalue weighted by Gasteiger charge is -2.12. The van der Waals surface area contributed by atoms with Crippen LogP contribution in [0.15, 0.2) is 51.7 Å². The molecule has 1 atom stereocenters. The second-order valence-corrected chi connectivity index (χ2v) is 7.79. The zero-order valence-electron chi connectivity index (χ0n) is 12.9. The number of hydrogen-bond acceptors (Lipinski definition) is 2. The third-order valence-corrected chi connectivity index (χ3v) is 5.47. The molecule has 1 aliphatic heterocycles. The predicted octanol–water partition coefficient (Wildman–Crippen LogP) is 4.95. The van der Waals surface area contributed by atoms with Gasteiger partial charge in [0.15, 0.2) is 0 Å². The Kier molecular flexibility index (Phi) is 4.18. The molecule has 1 aliphatic rings. The first kappa shape index (κ1) is 16.8. The highest BCUT2D eigenvalue weighted by molar-refractivity contribution is 9.10. The summed E-state index contributed by atoms with van der Waals surface area (Å²) in [5.74, 6) is -0.0922. The summed E-state index contributed by atoms with van der Waals surface area (Å²) >= 11 is 15.5. The number of rotatable bonds is 2. The van der Waals surface area contributed by atoms with Crippen molar-refractivity contribution in [3.05, 3.63) is 78.7 Å². The van der Waals surface area contributed by atoms with E-state index in [9.17, 15) is 9.90 Å². The van der Waals surface area contributed by atoms with E-state index in [0.717, 1.165) is 16.5 Å². The highest BCUT2D eigenvalue weighted by Gasteiger charge is 2.33. The summed E-state index contributed by atoms with van der Waals surface area (Å²) in [5.41, 5.74) is 1.86. The van der Waals surface area contributed by atoms with Crippen molar-refractivity contribution in [2.75, 3.05) is 0 Å². The Morgan fingerprint density at radius 3 is 2.36 bits per heavy atom. The monoisotopic (exact) mass is 438 g/mol. The number of benzene rings is 2. The van der Waals surface area contributed by atoms with Gasteiger partial charge in [0.05, 0.1) is 11.4 Å². The fraction of sp³-hybridized carbons (Fsp3) is 0.167. The van der Waals surface area contributed by atoms with Gasteiger partial charge in [0.2, 0.25) is 5.88 Å². The molecule has 4 rings (SSSR count). The van der Waals surface area contributed by atoms with Crippen LogP contribution in [0.2, 0.25) is 10.0 Å². The lowest BCUT2D eigenvalue weighted by atomic mass is 9.95. The topological polar surface area (TPSA) is 47.2 Å². The number of imidazole rings is 1. The standard InChI is InChI=1S/C18H13BrCl2N2O2/c19-11-3-1-10(2-4-11)15-5-6-22-16(15)17(24)23(18(22)25)14-8-12(20)7-13(21)9-14/h1-4,7-9,15,24H,5-6H2. The van der Waals surface area contributed by atoms with Gasteiger partial charge in [-0.3, -0.25) is 4.57 Å². The highest BCUT2D eigenvalue weighted by Crippen LogP contribution is 2.40. The average molecular weight is 440 g/mol. The molecule has 0 saturated heterocycles. The summed E-state index contributed by atoms with van der Waals surface area (Å²) < 4.78 is 3.87. The van der Waals surface area contributed by atoms with Gasteiger partial charge < -0.3 is 5.11 Å². The van der Waals surface area contributed by atoms with Gasteiger partial charge in [-0.15, -0.1) is 0 Å². The van der Waals surface area contributed by atoms with Gasteiger partial charge in [-0.25, -0.2) is 9.36 Å². The van der Waals surface area contributed by atoms with Gasteiger partial charge in [-0.1, -0.05) is 51.3 Å². The summed E-state index contributed by atoms with van der Waals surface area (Å²) in [7, 11) is 0. The minimum Gasteiger partial charge on any atom is -0.493 e. The van der Waals surface area contributed by atoms with Crippen LogP contribution >= 0.6 is 39.1 Å². The second-order valence-electron chi connectivity index (χ2n) is 6.00. The van der Waals surface area contributed by atoms with Crippen LogP contribution in [0.25, 0.3) is 5.69 Å². The molecule has 0 amide bonds. The van der Waals surface area contributed by atoms with E-state index < -0.39 is 0 Å². The maximum atomic E-state index is 12.8. The molecule has 0 radical (unpaired) electrons. The highest BCUT2D eigenvalue weighted by atomic mass is 79.9. The molecule has 2 aromatic carbocycles. The predicted molar refractivity (Wildman–Crippen MR) is 102 cm³/mol. The summed E-state index contributed by atoms with van der Waals surface area (Å²) in [6.45, 7) is 0.559. The first-order chi connectivity index (χ1) is 12.0. The second kappa shape index (κ2) is 6.24. The minimum atomic E-state index is -0.287. The first-order valence-corrected chi connectivity index (χ1v) is 9.27. The maximum Gasteiger partial charge on any atom is 0.335 e. The Hall–Kier alpha value is -1.69. The molecule has 0 bridgehead atoms. The third kappa shape index (κ3) is 2.80. The first-order valence-electron chi connectivity index (χ1n) is 7.72. The quantitative estimate of drug-likeness (QED) is 0.614. The Morgan fingerprint density at radius 1 is 1.08 bits per heavy atom. The van der Waals surface area contributed by atoms with Gasteiger partial charge in [-0.2, -0.15) is 0 Å². The molecule has 0 aliphatic carbocycles. The third-order valence-electron chi connectivity index (χ3n) is 4.50. The van der Waals surface area contributed by atoms with Crippen molar-refractivity contribution >= 4 is 39.1 Å². The van der Waals surface area contributed by atoms with Crippen LogP contribution < -0.4 is 5.69 Å². The van der Waals surface area contributed by atoms with Gasteiger partial charge in [0.25, 0.3) is 0 Å². The molecule has 0 spiro atoms. The Labute approximate surface area is 162 Å². The summed E-state index contributed by atoms with van der Waals surface area (Å²) in [6.07, 6.45) is 0.775. The number of aromatic hydroxyl groups is 1. The molecular weight excluding hydrogens is 427 g/mol. The van der Waals surface area contributed by atoms with Crippen molar-refractivity contribution in [1.29, 1.82) is 0 Å². The molecular formula is C18H13BrCl2N2O2. The van der Waals surface area contributed by atoms with Crippen molar-refractivity contribution in [1.82, 2.24) is 9.13 Å². The zero-order chi connectivity index (χ0) is 17.7. The van der Waals surface area contributed by atoms with Crippen LogP contribution in [0.5, 0.6) is 5.88 Å². The van der Waals surface area contributed by atoms with Crippen molar-refractivity contribution < 1.29 is 5.11 Å². The molecule has 4 nitrogen and oxygen atoms in total. The molecule has 25 heavy (non-hydrogen) atoms. The van der Waals surface area contributed by atoms with E-state index in [-0.39, 0.29) is 17.5 Å². The van der Waals surface area contributed by atoms with Crippen molar-refractivity contribution in [2.24, 2.45) is 0 Å². The van der Waals surface area contributed by atoms with Gasteiger partial charge in [0, 0.05) is 27.0 Å². The molecule has 7 heteroatoms. The molecule has 1 aromatic heterocycles. The van der Waals surface area contributed by atoms with E-state index in [1.165, 1.54) is 4.57 Å². The minimum absolute atomic E-state index is 0.0308. The Bertz CT molecular complexity index is 1000. The van der Waals surface area contributed by atoms with Crippen molar-refractivity contribution in [3.8, 4) is 11.6 Å². The SMILES string of the molecule is O=c1n2c(c(O)n1-c1cc(Cl)cc(Cl)c1)C(c1ccc(Br)cc1)CC2. The van der Waals surface area contributed by atoms with Crippen LogP contribution in [-0.2, 0) is 6.54 Å². The van der Waals surface area contributed by atoms with E-state index in [4.69, 9.17) is 23.2 Å². The van der Waals surface area contributed by atoms with Crippen LogP contribution in [-0.4, -0.2) is 14.2 Å². The average Bonchev–Trinajstić information content (AvgIpc) is 3.08. The number of nitrogens with zero attached hydrogens (tertiary/aromatic N) is 2. The lowest BCUT2D eigenvalue weighted by Crippen LogP contribution is -2.22. The van der Waals surface area contributed by atoms with Crippen LogP contribution in [0.1, 0.15) is 23.6 Å². The van der Waals surface area contributed by atoms with Crippen LogP contribution in [0.4, 0.5) is 0 Å². The van der Waals surface area contributed by atoms with E-state index >= 15 is 0 Å². The van der Waals surface area contributed by atoms with E-state index in [0.29, 0.717) is 28.0 Å². The molecule has 1 unspecified atom stereocenters. The number of fused-ring (bicyclic) bond motifs is 1. The summed E-state index contributed by atoms with van der Waals surface area (Å²) in [6, 6.07) is 12.7. The normalized spacial score (nSPS) is 16.2. The number of halogens is 3. The fourth-order valence-electron chi connectivity index (χ4n) is 3.43. The molecule has 0 saturated carbocycles. The van der Waals surface area contributed by atoms with Crippen LogP contribution in [0.3, 0.4) is 0 Å². The molecule has 3 aromatic rings. The molecule has 2 heterocycles. The van der Waals surface area contributed by atoms with E-state index in [2.05, 4.69) is 15.9 Å². The maximum absolute atomic E-state index is 12.8. The Balaban J connectivity index is 1.88. The van der Waals surface area contributed by atoms with Gasteiger partial charge in [0.1, 0.15) is 0 Å². The van der Waals surface area contributed by atoms with E-state index in [1.807, 2.05) is 24.3 Å². The van der Waals surface area contributed by atoms with Gasteiger partial charge >= 0.3 is 5.69 Å². The van der Waals surface area contributed by atoms with Crippen molar-refractivity contribution in [3.63, 3.8) is 0 Å². The zero-order valence-corrected chi connectivity index (χ0v) is 16.0. The largest absolute Gasteiger partial charge is 0.493 e.